The quantitative estimate of drug-likeness (QED) is 0.572. The first kappa shape index (κ1) is 9.65. The van der Waals surface area contributed by atoms with Crippen LogP contribution in [-0.2, 0) is 12.8 Å². The first-order valence-corrected chi connectivity index (χ1v) is 5.36. The van der Waals surface area contributed by atoms with Gasteiger partial charge in [0.15, 0.2) is 0 Å². The number of nitro groups is 1. The molecule has 0 saturated heterocycles. The molecule has 0 saturated carbocycles. The Bertz CT molecular complexity index is 415. The first-order chi connectivity index (χ1) is 6.61. The van der Waals surface area contributed by atoms with E-state index in [1.165, 1.54) is 0 Å². The summed E-state index contributed by atoms with van der Waals surface area (Å²) in [6, 6.07) is 2.05. The molecule has 0 fully saturated rings. The lowest BCUT2D eigenvalue weighted by Crippen LogP contribution is -1.98. The van der Waals surface area contributed by atoms with Crippen LogP contribution in [-0.4, -0.2) is 4.92 Å². The highest BCUT2D eigenvalue weighted by atomic mass is 79.9. The predicted octanol–water partition coefficient (Wildman–Crippen LogP) is 3.15. The van der Waals surface area contributed by atoms with Crippen LogP contribution in [0.4, 0.5) is 5.69 Å². The van der Waals surface area contributed by atoms with Crippen LogP contribution in [0, 0.1) is 17.0 Å². The molecule has 0 spiro atoms. The van der Waals surface area contributed by atoms with Gasteiger partial charge in [-0.1, -0.05) is 6.07 Å². The van der Waals surface area contributed by atoms with Crippen molar-refractivity contribution >= 4 is 21.6 Å². The Labute approximate surface area is 90.4 Å². The zero-order valence-electron chi connectivity index (χ0n) is 7.84. The van der Waals surface area contributed by atoms with E-state index in [1.807, 2.05) is 6.92 Å². The summed E-state index contributed by atoms with van der Waals surface area (Å²) in [7, 11) is 0. The number of rotatable bonds is 1. The van der Waals surface area contributed by atoms with Gasteiger partial charge in [0.05, 0.1) is 9.40 Å². The van der Waals surface area contributed by atoms with E-state index < -0.39 is 0 Å². The maximum atomic E-state index is 10.9. The molecule has 0 aliphatic heterocycles. The van der Waals surface area contributed by atoms with Crippen LogP contribution in [0.5, 0.6) is 0 Å². The molecule has 0 unspecified atom stereocenters. The molecule has 4 heteroatoms. The number of aryl methyl sites for hydroxylation is 2. The number of hydrogen-bond donors (Lipinski definition) is 0. The Morgan fingerprint density at radius 1 is 1.50 bits per heavy atom. The molecule has 1 aliphatic carbocycles. The summed E-state index contributed by atoms with van der Waals surface area (Å²) < 4.78 is 0.642. The lowest BCUT2D eigenvalue weighted by molar-refractivity contribution is -0.386. The summed E-state index contributed by atoms with van der Waals surface area (Å²) in [5.74, 6) is 0. The van der Waals surface area contributed by atoms with Gasteiger partial charge in [0.1, 0.15) is 0 Å². The topological polar surface area (TPSA) is 43.1 Å². The fourth-order valence-corrected chi connectivity index (χ4v) is 2.53. The molecule has 14 heavy (non-hydrogen) atoms. The van der Waals surface area contributed by atoms with Gasteiger partial charge in [-0.25, -0.2) is 0 Å². The molecule has 74 valence electrons. The Kier molecular flexibility index (Phi) is 2.31. The summed E-state index contributed by atoms with van der Waals surface area (Å²) in [4.78, 5) is 10.6. The van der Waals surface area contributed by atoms with Crippen LogP contribution in [0.25, 0.3) is 0 Å². The highest BCUT2D eigenvalue weighted by Crippen LogP contribution is 2.38. The summed E-state index contributed by atoms with van der Waals surface area (Å²) >= 11 is 3.29. The van der Waals surface area contributed by atoms with Crippen molar-refractivity contribution in [1.82, 2.24) is 0 Å². The Hall–Kier alpha value is -0.900. The van der Waals surface area contributed by atoms with Crippen molar-refractivity contribution in [3.63, 3.8) is 0 Å². The predicted molar refractivity (Wildman–Crippen MR) is 57.6 cm³/mol. The maximum Gasteiger partial charge on any atom is 0.287 e. The van der Waals surface area contributed by atoms with E-state index in [-0.39, 0.29) is 10.6 Å². The fourth-order valence-electron chi connectivity index (χ4n) is 2.03. The Morgan fingerprint density at radius 2 is 2.21 bits per heavy atom. The van der Waals surface area contributed by atoms with Gasteiger partial charge < -0.3 is 0 Å². The highest BCUT2D eigenvalue weighted by molar-refractivity contribution is 9.10. The number of benzene rings is 1. The minimum atomic E-state index is -0.277. The lowest BCUT2D eigenvalue weighted by atomic mass is 10.1. The summed E-state index contributed by atoms with van der Waals surface area (Å²) in [6.45, 7) is 1.90. The van der Waals surface area contributed by atoms with E-state index in [1.54, 1.807) is 0 Å². The lowest BCUT2D eigenvalue weighted by Gasteiger charge is -2.05. The van der Waals surface area contributed by atoms with E-state index in [4.69, 9.17) is 0 Å². The van der Waals surface area contributed by atoms with Crippen LogP contribution in [0.1, 0.15) is 23.1 Å². The SMILES string of the molecule is Cc1cc2c(c([N+](=O)[O-])c1Br)CCC2. The molecular formula is C10H10BrNO2. The average Bonchev–Trinajstić information content (AvgIpc) is 2.52. The zero-order valence-corrected chi connectivity index (χ0v) is 9.43. The highest BCUT2D eigenvalue weighted by Gasteiger charge is 2.26. The second-order valence-corrected chi connectivity index (χ2v) is 4.40. The zero-order chi connectivity index (χ0) is 10.3. The maximum absolute atomic E-state index is 10.9. The molecule has 1 aromatic carbocycles. The van der Waals surface area contributed by atoms with Crippen molar-refractivity contribution in [2.24, 2.45) is 0 Å². The monoisotopic (exact) mass is 255 g/mol. The number of nitro benzene ring substituents is 1. The third kappa shape index (κ3) is 1.34. The third-order valence-corrected chi connectivity index (χ3v) is 3.67. The first-order valence-electron chi connectivity index (χ1n) is 4.56. The molecule has 0 N–H and O–H groups in total. The van der Waals surface area contributed by atoms with Gasteiger partial charge in [0.25, 0.3) is 5.69 Å². The van der Waals surface area contributed by atoms with Crippen molar-refractivity contribution < 1.29 is 4.92 Å². The van der Waals surface area contributed by atoms with E-state index in [9.17, 15) is 10.1 Å². The number of fused-ring (bicyclic) bond motifs is 1. The van der Waals surface area contributed by atoms with E-state index in [0.717, 1.165) is 36.0 Å². The smallest absolute Gasteiger partial charge is 0.258 e. The molecule has 0 heterocycles. The van der Waals surface area contributed by atoms with Gasteiger partial charge in [-0.15, -0.1) is 0 Å². The van der Waals surface area contributed by atoms with Gasteiger partial charge in [-0.05, 0) is 53.2 Å². The Morgan fingerprint density at radius 3 is 2.86 bits per heavy atom. The van der Waals surface area contributed by atoms with Crippen LogP contribution < -0.4 is 0 Å². The molecule has 0 atom stereocenters. The standard InChI is InChI=1S/C10H10BrNO2/c1-6-5-7-3-2-4-8(7)10(9(6)11)12(13)14/h5H,2-4H2,1H3. The molecule has 0 bridgehead atoms. The van der Waals surface area contributed by atoms with Gasteiger partial charge in [-0.2, -0.15) is 0 Å². The largest absolute Gasteiger partial charge is 0.287 e. The second kappa shape index (κ2) is 3.35. The molecular weight excluding hydrogens is 246 g/mol. The number of halogens is 1. The third-order valence-electron chi connectivity index (χ3n) is 2.67. The van der Waals surface area contributed by atoms with Crippen molar-refractivity contribution in [1.29, 1.82) is 0 Å². The van der Waals surface area contributed by atoms with Crippen LogP contribution in [0.3, 0.4) is 0 Å². The number of nitrogens with zero attached hydrogens (tertiary/aromatic N) is 1. The number of hydrogen-bond acceptors (Lipinski definition) is 2. The van der Waals surface area contributed by atoms with E-state index in [0.29, 0.717) is 4.47 Å². The minimum absolute atomic E-state index is 0.275. The van der Waals surface area contributed by atoms with Crippen molar-refractivity contribution in [3.05, 3.63) is 37.3 Å². The van der Waals surface area contributed by atoms with Gasteiger partial charge in [-0.3, -0.25) is 10.1 Å². The molecule has 0 amide bonds. The summed E-state index contributed by atoms with van der Waals surface area (Å²) in [5, 5.41) is 10.9. The molecule has 3 nitrogen and oxygen atoms in total. The van der Waals surface area contributed by atoms with Crippen molar-refractivity contribution in [2.45, 2.75) is 26.2 Å². The minimum Gasteiger partial charge on any atom is -0.258 e. The van der Waals surface area contributed by atoms with E-state index in [2.05, 4.69) is 22.0 Å². The van der Waals surface area contributed by atoms with Gasteiger partial charge in [0, 0.05) is 5.56 Å². The second-order valence-electron chi connectivity index (χ2n) is 3.60. The van der Waals surface area contributed by atoms with Crippen LogP contribution in [0.2, 0.25) is 0 Å². The fraction of sp³-hybridized carbons (Fsp3) is 0.400. The van der Waals surface area contributed by atoms with Gasteiger partial charge >= 0.3 is 0 Å². The molecule has 1 aliphatic rings. The van der Waals surface area contributed by atoms with E-state index >= 15 is 0 Å². The van der Waals surface area contributed by atoms with Crippen molar-refractivity contribution in [3.8, 4) is 0 Å². The summed E-state index contributed by atoms with van der Waals surface area (Å²) in [6.07, 6.45) is 2.85. The van der Waals surface area contributed by atoms with Crippen LogP contribution in [0.15, 0.2) is 10.5 Å². The summed E-state index contributed by atoms with van der Waals surface area (Å²) in [5.41, 5.74) is 3.31. The van der Waals surface area contributed by atoms with Crippen molar-refractivity contribution in [2.75, 3.05) is 0 Å². The molecule has 0 aromatic heterocycles. The molecule has 0 radical (unpaired) electrons. The average molecular weight is 256 g/mol. The molecule has 1 aromatic rings. The van der Waals surface area contributed by atoms with Crippen LogP contribution >= 0.6 is 15.9 Å². The normalized spacial score (nSPS) is 14.1. The van der Waals surface area contributed by atoms with Gasteiger partial charge in [0.2, 0.25) is 0 Å². The molecule has 2 rings (SSSR count). The Balaban J connectivity index is 2.72.